The van der Waals surface area contributed by atoms with Crippen LogP contribution in [0.1, 0.15) is 22.8 Å². The summed E-state index contributed by atoms with van der Waals surface area (Å²) in [5.41, 5.74) is 6.33. The van der Waals surface area contributed by atoms with Crippen LogP contribution in [-0.4, -0.2) is 24.9 Å². The van der Waals surface area contributed by atoms with E-state index < -0.39 is 11.9 Å². The molecule has 0 atom stereocenters. The molecular formula is C12H14N2O4. The summed E-state index contributed by atoms with van der Waals surface area (Å²) in [6.07, 6.45) is -0.0690. The minimum Gasteiger partial charge on any atom is -0.465 e. The van der Waals surface area contributed by atoms with Crippen LogP contribution in [0.25, 0.3) is 0 Å². The zero-order valence-corrected chi connectivity index (χ0v) is 10.1. The molecule has 1 aromatic rings. The Hall–Kier alpha value is -2.37. The van der Waals surface area contributed by atoms with Crippen molar-refractivity contribution >= 4 is 23.5 Å². The molecule has 0 aliphatic heterocycles. The first-order chi connectivity index (χ1) is 8.43. The molecule has 0 aliphatic carbocycles. The number of ether oxygens (including phenoxy) is 1. The van der Waals surface area contributed by atoms with E-state index in [1.165, 1.54) is 32.2 Å². The molecule has 1 aromatic carbocycles. The second-order valence-electron chi connectivity index (χ2n) is 3.69. The number of nitrogens with two attached hydrogens (primary N) is 1. The maximum Gasteiger partial charge on any atom is 0.337 e. The fourth-order valence-electron chi connectivity index (χ4n) is 1.48. The van der Waals surface area contributed by atoms with E-state index in [-0.39, 0.29) is 12.3 Å². The molecule has 6 nitrogen and oxygen atoms in total. The minimum absolute atomic E-state index is 0.0690. The summed E-state index contributed by atoms with van der Waals surface area (Å²) in [6, 6.07) is 4.51. The van der Waals surface area contributed by atoms with Gasteiger partial charge in [0.05, 0.1) is 19.1 Å². The molecule has 0 radical (unpaired) electrons. The third kappa shape index (κ3) is 3.58. The fraction of sp³-hybridized carbons (Fsp3) is 0.250. The first kappa shape index (κ1) is 13.7. The van der Waals surface area contributed by atoms with Crippen molar-refractivity contribution in [1.82, 2.24) is 0 Å². The van der Waals surface area contributed by atoms with Gasteiger partial charge in [-0.2, -0.15) is 0 Å². The maximum absolute atomic E-state index is 11.4. The molecule has 0 unspecified atom stereocenters. The van der Waals surface area contributed by atoms with Crippen molar-refractivity contribution in [2.24, 2.45) is 5.73 Å². The second kappa shape index (κ2) is 5.81. The number of carbonyl (C=O) groups is 3. The van der Waals surface area contributed by atoms with E-state index in [0.717, 1.165) is 0 Å². The Labute approximate surface area is 104 Å². The van der Waals surface area contributed by atoms with Crippen molar-refractivity contribution in [3.05, 3.63) is 29.3 Å². The zero-order chi connectivity index (χ0) is 13.7. The van der Waals surface area contributed by atoms with E-state index in [9.17, 15) is 14.4 Å². The molecular weight excluding hydrogens is 236 g/mol. The quantitative estimate of drug-likeness (QED) is 0.758. The van der Waals surface area contributed by atoms with Crippen LogP contribution >= 0.6 is 0 Å². The Morgan fingerprint density at radius 3 is 2.50 bits per heavy atom. The lowest BCUT2D eigenvalue weighted by Crippen LogP contribution is -2.17. The summed E-state index contributed by atoms with van der Waals surface area (Å²) in [5, 5.41) is 2.56. The van der Waals surface area contributed by atoms with Crippen molar-refractivity contribution in [3.63, 3.8) is 0 Å². The molecule has 3 N–H and O–H groups in total. The van der Waals surface area contributed by atoms with Crippen LogP contribution in [-0.2, 0) is 20.7 Å². The molecule has 18 heavy (non-hydrogen) atoms. The van der Waals surface area contributed by atoms with Crippen LogP contribution in [0.2, 0.25) is 0 Å². The predicted molar refractivity (Wildman–Crippen MR) is 65.0 cm³/mol. The van der Waals surface area contributed by atoms with Crippen molar-refractivity contribution in [1.29, 1.82) is 0 Å². The molecule has 0 aliphatic rings. The van der Waals surface area contributed by atoms with Gasteiger partial charge in [0, 0.05) is 12.6 Å². The molecule has 0 fully saturated rings. The highest BCUT2D eigenvalue weighted by molar-refractivity contribution is 5.94. The van der Waals surface area contributed by atoms with Gasteiger partial charge in [-0.3, -0.25) is 9.59 Å². The Balaban J connectivity index is 3.15. The topological polar surface area (TPSA) is 98.5 Å². The first-order valence-corrected chi connectivity index (χ1v) is 5.21. The molecule has 2 amide bonds. The summed E-state index contributed by atoms with van der Waals surface area (Å²) >= 11 is 0. The number of primary amides is 1. The fourth-order valence-corrected chi connectivity index (χ4v) is 1.48. The number of hydrogen-bond acceptors (Lipinski definition) is 4. The van der Waals surface area contributed by atoms with Gasteiger partial charge in [-0.05, 0) is 23.8 Å². The highest BCUT2D eigenvalue weighted by Gasteiger charge is 2.12. The van der Waals surface area contributed by atoms with Gasteiger partial charge in [0.2, 0.25) is 11.8 Å². The predicted octanol–water partition coefficient (Wildman–Crippen LogP) is 0.459. The monoisotopic (exact) mass is 250 g/mol. The number of methoxy groups -OCH3 is 1. The maximum atomic E-state index is 11.4. The van der Waals surface area contributed by atoms with E-state index in [2.05, 4.69) is 10.1 Å². The van der Waals surface area contributed by atoms with E-state index in [1.54, 1.807) is 0 Å². The number of hydrogen-bond donors (Lipinski definition) is 2. The Kier molecular flexibility index (Phi) is 4.42. The number of nitrogens with one attached hydrogen (secondary N) is 1. The van der Waals surface area contributed by atoms with Crippen LogP contribution < -0.4 is 11.1 Å². The third-order valence-electron chi connectivity index (χ3n) is 2.20. The number of benzene rings is 1. The third-order valence-corrected chi connectivity index (χ3v) is 2.20. The first-order valence-electron chi connectivity index (χ1n) is 5.21. The zero-order valence-electron chi connectivity index (χ0n) is 10.1. The summed E-state index contributed by atoms with van der Waals surface area (Å²) in [5.74, 6) is -1.34. The van der Waals surface area contributed by atoms with Gasteiger partial charge < -0.3 is 15.8 Å². The van der Waals surface area contributed by atoms with E-state index in [0.29, 0.717) is 16.8 Å². The van der Waals surface area contributed by atoms with Crippen molar-refractivity contribution in [2.45, 2.75) is 13.3 Å². The lowest BCUT2D eigenvalue weighted by atomic mass is 10.1. The Morgan fingerprint density at radius 1 is 1.33 bits per heavy atom. The van der Waals surface area contributed by atoms with E-state index in [1.807, 2.05) is 0 Å². The highest BCUT2D eigenvalue weighted by atomic mass is 16.5. The van der Waals surface area contributed by atoms with Crippen molar-refractivity contribution in [2.75, 3.05) is 12.4 Å². The Bertz CT molecular complexity index is 497. The number of carbonyl (C=O) groups excluding carboxylic acids is 3. The summed E-state index contributed by atoms with van der Waals surface area (Å²) < 4.78 is 4.57. The summed E-state index contributed by atoms with van der Waals surface area (Å²) in [4.78, 5) is 33.3. The molecule has 0 saturated heterocycles. The minimum atomic E-state index is -0.552. The number of amides is 2. The van der Waals surface area contributed by atoms with Crippen molar-refractivity contribution in [3.8, 4) is 0 Å². The van der Waals surface area contributed by atoms with Gasteiger partial charge >= 0.3 is 5.97 Å². The van der Waals surface area contributed by atoms with Crippen LogP contribution in [0.4, 0.5) is 5.69 Å². The second-order valence-corrected chi connectivity index (χ2v) is 3.69. The summed E-state index contributed by atoms with van der Waals surface area (Å²) in [6.45, 7) is 1.35. The van der Waals surface area contributed by atoms with Gasteiger partial charge in [-0.1, -0.05) is 0 Å². The average molecular weight is 250 g/mol. The van der Waals surface area contributed by atoms with E-state index >= 15 is 0 Å². The molecule has 0 aromatic heterocycles. The van der Waals surface area contributed by atoms with Gasteiger partial charge in [-0.25, -0.2) is 4.79 Å². The molecule has 0 bridgehead atoms. The van der Waals surface area contributed by atoms with Crippen LogP contribution in [0, 0.1) is 0 Å². The molecule has 1 rings (SSSR count). The number of rotatable bonds is 4. The average Bonchev–Trinajstić information content (AvgIpc) is 2.29. The van der Waals surface area contributed by atoms with Gasteiger partial charge in [0.1, 0.15) is 0 Å². The molecule has 0 spiro atoms. The number of esters is 1. The molecule has 0 heterocycles. The van der Waals surface area contributed by atoms with Gasteiger partial charge in [0.25, 0.3) is 0 Å². The summed E-state index contributed by atoms with van der Waals surface area (Å²) in [7, 11) is 1.26. The molecule has 96 valence electrons. The SMILES string of the molecule is COC(=O)c1ccc(NC(C)=O)c(CC(N)=O)c1. The molecule has 0 saturated carbocycles. The lowest BCUT2D eigenvalue weighted by Gasteiger charge is -2.10. The lowest BCUT2D eigenvalue weighted by molar-refractivity contribution is -0.117. The Morgan fingerprint density at radius 2 is 2.00 bits per heavy atom. The van der Waals surface area contributed by atoms with E-state index in [4.69, 9.17) is 5.73 Å². The van der Waals surface area contributed by atoms with Crippen molar-refractivity contribution < 1.29 is 19.1 Å². The smallest absolute Gasteiger partial charge is 0.337 e. The van der Waals surface area contributed by atoms with Gasteiger partial charge in [-0.15, -0.1) is 0 Å². The van der Waals surface area contributed by atoms with Crippen LogP contribution in [0.5, 0.6) is 0 Å². The van der Waals surface area contributed by atoms with Gasteiger partial charge in [0.15, 0.2) is 0 Å². The normalized spacial score (nSPS) is 9.67. The standard InChI is InChI=1S/C12H14N2O4/c1-7(15)14-10-4-3-8(12(17)18-2)5-9(10)6-11(13)16/h3-5H,6H2,1-2H3,(H2,13,16)(H,14,15). The van der Waals surface area contributed by atoms with Crippen LogP contribution in [0.3, 0.4) is 0 Å². The largest absolute Gasteiger partial charge is 0.465 e. The number of anilines is 1. The molecule has 6 heteroatoms. The van der Waals surface area contributed by atoms with Crippen LogP contribution in [0.15, 0.2) is 18.2 Å². The highest BCUT2D eigenvalue weighted by Crippen LogP contribution is 2.19.